The van der Waals surface area contributed by atoms with Crippen molar-refractivity contribution in [3.8, 4) is 0 Å². The third-order valence-electron chi connectivity index (χ3n) is 3.00. The van der Waals surface area contributed by atoms with Crippen LogP contribution in [0.4, 0.5) is 5.69 Å². The lowest BCUT2D eigenvalue weighted by Crippen LogP contribution is -2.53. The number of aromatic nitrogens is 1. The van der Waals surface area contributed by atoms with Gasteiger partial charge in [-0.2, -0.15) is 12.3 Å². The monoisotopic (exact) mass is 288 g/mol. The molecule has 1 rings (SSSR count). The molecule has 106 valence electrons. The predicted molar refractivity (Wildman–Crippen MR) is 71.9 cm³/mol. The van der Waals surface area contributed by atoms with Gasteiger partial charge in [-0.1, -0.05) is 0 Å². The van der Waals surface area contributed by atoms with E-state index in [9.17, 15) is 13.2 Å². The van der Waals surface area contributed by atoms with Gasteiger partial charge in [0.1, 0.15) is 0 Å². The zero-order valence-electron chi connectivity index (χ0n) is 11.1. The van der Waals surface area contributed by atoms with Crippen LogP contribution in [-0.4, -0.2) is 44.3 Å². The second-order valence-electron chi connectivity index (χ2n) is 4.54. The molecule has 1 aromatic rings. The first-order valence-electron chi connectivity index (χ1n) is 5.55. The topological polar surface area (TPSA) is 110 Å². The van der Waals surface area contributed by atoms with Gasteiger partial charge in [0.2, 0.25) is 0 Å². The van der Waals surface area contributed by atoms with Crippen LogP contribution in [0.3, 0.4) is 0 Å². The molecule has 3 N–H and O–H groups in total. The molecular formula is C11H18N3O4S+. The summed E-state index contributed by atoms with van der Waals surface area (Å²) in [6.07, 6.45) is 2.49. The van der Waals surface area contributed by atoms with Crippen molar-refractivity contribution >= 4 is 21.7 Å². The van der Waals surface area contributed by atoms with Crippen LogP contribution >= 0.6 is 0 Å². The number of hydrogen-bond donors (Lipinski definition) is 2. The zero-order valence-corrected chi connectivity index (χ0v) is 11.9. The van der Waals surface area contributed by atoms with E-state index in [0.29, 0.717) is 16.9 Å². The van der Waals surface area contributed by atoms with Gasteiger partial charge in [-0.25, -0.2) is 4.79 Å². The molecule has 0 aliphatic heterocycles. The Bertz CT molecular complexity index is 600. The third-order valence-corrected chi connectivity index (χ3v) is 4.79. The average Bonchev–Trinajstić information content (AvgIpc) is 2.26. The minimum absolute atomic E-state index is 0.0889. The van der Waals surface area contributed by atoms with E-state index in [1.807, 2.05) is 0 Å². The molecule has 19 heavy (non-hydrogen) atoms. The Balaban J connectivity index is 3.58. The maximum absolute atomic E-state index is 12.0. The summed E-state index contributed by atoms with van der Waals surface area (Å²) in [5.41, 5.74) is 7.04. The smallest absolute Gasteiger partial charge is 0.360 e. The first kappa shape index (κ1) is 15.5. The minimum atomic E-state index is -3.69. The fraction of sp³-hybridized carbons (Fsp3) is 0.455. The van der Waals surface area contributed by atoms with Crippen molar-refractivity contribution in [1.82, 2.24) is 8.87 Å². The fourth-order valence-corrected chi connectivity index (χ4v) is 2.68. The maximum Gasteiger partial charge on any atom is 0.360 e. The van der Waals surface area contributed by atoms with Crippen LogP contribution < -0.4 is 9.62 Å². The molecular weight excluding hydrogens is 270 g/mol. The number of nitrogens with zero attached hydrogens (tertiary/aromatic N) is 2. The van der Waals surface area contributed by atoms with Crippen LogP contribution in [0.15, 0.2) is 12.3 Å². The van der Waals surface area contributed by atoms with Gasteiger partial charge in [0.15, 0.2) is 12.2 Å². The molecule has 1 atom stereocenters. The van der Waals surface area contributed by atoms with Gasteiger partial charge in [0, 0.05) is 30.1 Å². The van der Waals surface area contributed by atoms with E-state index in [-0.39, 0.29) is 6.54 Å². The summed E-state index contributed by atoms with van der Waals surface area (Å²) in [5, 5.41) is 8.98. The molecule has 1 heterocycles. The molecule has 0 amide bonds. The fourth-order valence-electron chi connectivity index (χ4n) is 1.81. The number of carboxylic acid groups (broad SMARTS) is 1. The van der Waals surface area contributed by atoms with Gasteiger partial charge < -0.3 is 10.8 Å². The summed E-state index contributed by atoms with van der Waals surface area (Å²) >= 11 is 0. The SMILES string of the molecule is Cc1cc([N+](C)(CC(=O)O)S(C)(=O)=O)c(CN)cn1. The van der Waals surface area contributed by atoms with Gasteiger partial charge >= 0.3 is 5.97 Å². The summed E-state index contributed by atoms with van der Waals surface area (Å²) in [6.45, 7) is 1.22. The second-order valence-corrected chi connectivity index (χ2v) is 6.82. The predicted octanol–water partition coefficient (Wildman–Crippen LogP) is -0.170. The van der Waals surface area contributed by atoms with Crippen LogP contribution in [0.5, 0.6) is 0 Å². The number of pyridine rings is 1. The minimum Gasteiger partial charge on any atom is -0.477 e. The maximum atomic E-state index is 12.0. The van der Waals surface area contributed by atoms with Gasteiger partial charge in [0.05, 0.1) is 13.3 Å². The van der Waals surface area contributed by atoms with E-state index in [0.717, 1.165) is 6.26 Å². The Morgan fingerprint density at radius 2 is 2.11 bits per heavy atom. The number of rotatable bonds is 5. The Hall–Kier alpha value is -1.51. The summed E-state index contributed by atoms with van der Waals surface area (Å²) in [5.74, 6) is -1.20. The lowest BCUT2D eigenvalue weighted by molar-refractivity contribution is -0.136. The number of nitrogens with two attached hydrogens (primary N) is 1. The van der Waals surface area contributed by atoms with Crippen LogP contribution in [0, 0.1) is 6.92 Å². The highest BCUT2D eigenvalue weighted by Crippen LogP contribution is 2.29. The van der Waals surface area contributed by atoms with Crippen LogP contribution in [-0.2, 0) is 21.4 Å². The Morgan fingerprint density at radius 3 is 2.53 bits per heavy atom. The first-order valence-corrected chi connectivity index (χ1v) is 7.40. The number of aliphatic carboxylic acids is 1. The van der Waals surface area contributed by atoms with Crippen LogP contribution in [0.1, 0.15) is 11.3 Å². The molecule has 0 saturated carbocycles. The Labute approximate surface area is 112 Å². The van der Waals surface area contributed by atoms with Crippen LogP contribution in [0.25, 0.3) is 0 Å². The number of likely N-dealkylation sites (N-methyl/N-ethyl adjacent to an activating group) is 1. The van der Waals surface area contributed by atoms with Crippen molar-refractivity contribution < 1.29 is 18.3 Å². The molecule has 1 unspecified atom stereocenters. The summed E-state index contributed by atoms with van der Waals surface area (Å²) in [6, 6.07) is 1.56. The molecule has 7 nitrogen and oxygen atoms in total. The highest BCUT2D eigenvalue weighted by atomic mass is 32.2. The van der Waals surface area contributed by atoms with E-state index in [1.54, 1.807) is 13.0 Å². The molecule has 0 radical (unpaired) electrons. The molecule has 0 bridgehead atoms. The number of sulfonamides is 1. The summed E-state index contributed by atoms with van der Waals surface area (Å²) in [7, 11) is -2.34. The van der Waals surface area contributed by atoms with Gasteiger partial charge in [0.25, 0.3) is 10.0 Å². The molecule has 0 spiro atoms. The highest BCUT2D eigenvalue weighted by molar-refractivity contribution is 7.90. The number of carboxylic acids is 1. The summed E-state index contributed by atoms with van der Waals surface area (Å²) in [4.78, 5) is 15.0. The second kappa shape index (κ2) is 5.24. The average molecular weight is 288 g/mol. The molecule has 1 aromatic heterocycles. The quantitative estimate of drug-likeness (QED) is 0.728. The first-order chi connectivity index (χ1) is 8.61. The molecule has 0 aromatic carbocycles. The van der Waals surface area contributed by atoms with Crippen molar-refractivity contribution in [1.29, 1.82) is 0 Å². The van der Waals surface area contributed by atoms with Crippen molar-refractivity contribution in [2.45, 2.75) is 13.5 Å². The normalized spacial score (nSPS) is 14.9. The highest BCUT2D eigenvalue weighted by Gasteiger charge is 2.40. The van der Waals surface area contributed by atoms with E-state index < -0.39 is 26.4 Å². The largest absolute Gasteiger partial charge is 0.477 e. The molecule has 0 aliphatic carbocycles. The Morgan fingerprint density at radius 1 is 1.53 bits per heavy atom. The van der Waals surface area contributed by atoms with E-state index in [4.69, 9.17) is 10.8 Å². The zero-order chi connectivity index (χ0) is 14.8. The van der Waals surface area contributed by atoms with Gasteiger partial charge in [-0.15, -0.1) is 0 Å². The number of quaternary nitrogens is 1. The van der Waals surface area contributed by atoms with E-state index in [2.05, 4.69) is 4.98 Å². The standard InChI is InChI=1S/C11H17N3O4S/c1-8-4-10(9(5-12)6-13-8)14(2,7-11(15)16)19(3,17)18/h4,6H,5,7,12H2,1-3H3/p+1. The molecule has 8 heteroatoms. The van der Waals surface area contributed by atoms with Crippen molar-refractivity contribution in [2.75, 3.05) is 19.8 Å². The van der Waals surface area contributed by atoms with Gasteiger partial charge in [-0.3, -0.25) is 4.98 Å². The molecule has 0 fully saturated rings. The van der Waals surface area contributed by atoms with E-state index in [1.165, 1.54) is 13.2 Å². The molecule has 0 aliphatic rings. The number of carbonyl (C=O) groups is 1. The number of aryl methyl sites for hydroxylation is 1. The van der Waals surface area contributed by atoms with Gasteiger partial charge in [-0.05, 0) is 6.92 Å². The van der Waals surface area contributed by atoms with Crippen molar-refractivity contribution in [3.63, 3.8) is 0 Å². The lowest BCUT2D eigenvalue weighted by atomic mass is 10.2. The van der Waals surface area contributed by atoms with Crippen molar-refractivity contribution in [3.05, 3.63) is 23.5 Å². The number of hydrogen-bond acceptors (Lipinski definition) is 5. The summed E-state index contributed by atoms with van der Waals surface area (Å²) < 4.78 is 23.3. The third kappa shape index (κ3) is 3.09. The lowest BCUT2D eigenvalue weighted by Gasteiger charge is -2.30. The molecule has 0 saturated heterocycles. The Kier molecular flexibility index (Phi) is 4.28. The van der Waals surface area contributed by atoms with E-state index >= 15 is 0 Å². The van der Waals surface area contributed by atoms with Crippen molar-refractivity contribution in [2.24, 2.45) is 5.73 Å². The van der Waals surface area contributed by atoms with Crippen LogP contribution in [0.2, 0.25) is 0 Å².